The molecule has 1 aromatic rings. The van der Waals surface area contributed by atoms with Crippen molar-refractivity contribution in [1.82, 2.24) is 15.1 Å². The van der Waals surface area contributed by atoms with Crippen LogP contribution in [0.4, 0.5) is 0 Å². The Morgan fingerprint density at radius 3 is 2.74 bits per heavy atom. The van der Waals surface area contributed by atoms with E-state index < -0.39 is 6.04 Å². The zero-order valence-corrected chi connectivity index (χ0v) is 17.8. The van der Waals surface area contributed by atoms with E-state index in [-0.39, 0.29) is 30.2 Å². The number of methoxy groups -OCH3 is 1. The van der Waals surface area contributed by atoms with E-state index in [1.807, 2.05) is 12.1 Å². The van der Waals surface area contributed by atoms with Crippen LogP contribution in [-0.4, -0.2) is 72.0 Å². The second kappa shape index (κ2) is 8.24. The molecule has 3 aliphatic heterocycles. The molecular formula is C23H29N3O5. The van der Waals surface area contributed by atoms with Crippen LogP contribution >= 0.6 is 0 Å². The summed E-state index contributed by atoms with van der Waals surface area (Å²) in [7, 11) is 1.78. The Morgan fingerprint density at radius 1 is 1.10 bits per heavy atom. The number of nitrogens with zero attached hydrogens (tertiary/aromatic N) is 2. The van der Waals surface area contributed by atoms with Gasteiger partial charge in [0.25, 0.3) is 5.91 Å². The van der Waals surface area contributed by atoms with Crippen LogP contribution < -0.4 is 10.1 Å². The van der Waals surface area contributed by atoms with Crippen molar-refractivity contribution < 1.29 is 23.9 Å². The highest BCUT2D eigenvalue weighted by atomic mass is 16.5. The SMILES string of the molecule is CO[C@@H]1CCN([C@H]2CCC[C@@H]2Oc2ccc3c(c2)CN(C2CCC(=O)NC2=O)C3=O)C1. The smallest absolute Gasteiger partial charge is 0.255 e. The minimum absolute atomic E-state index is 0.136. The Balaban J connectivity index is 1.27. The summed E-state index contributed by atoms with van der Waals surface area (Å²) in [4.78, 5) is 40.6. The molecule has 8 heteroatoms. The predicted octanol–water partition coefficient (Wildman–Crippen LogP) is 1.47. The zero-order valence-electron chi connectivity index (χ0n) is 17.8. The van der Waals surface area contributed by atoms with Gasteiger partial charge >= 0.3 is 0 Å². The molecule has 1 aromatic carbocycles. The Labute approximate surface area is 181 Å². The quantitative estimate of drug-likeness (QED) is 0.716. The van der Waals surface area contributed by atoms with Crippen molar-refractivity contribution in [2.24, 2.45) is 0 Å². The third-order valence-electron chi connectivity index (χ3n) is 7.18. The molecule has 4 aliphatic rings. The summed E-state index contributed by atoms with van der Waals surface area (Å²) in [5, 5.41) is 2.34. The van der Waals surface area contributed by atoms with E-state index in [0.29, 0.717) is 30.7 Å². The van der Waals surface area contributed by atoms with Gasteiger partial charge in [-0.25, -0.2) is 0 Å². The number of hydrogen-bond acceptors (Lipinski definition) is 6. The molecule has 5 rings (SSSR count). The molecule has 1 unspecified atom stereocenters. The number of fused-ring (bicyclic) bond motifs is 1. The van der Waals surface area contributed by atoms with Gasteiger partial charge in [-0.1, -0.05) is 0 Å². The molecule has 1 saturated carbocycles. The summed E-state index contributed by atoms with van der Waals surface area (Å²) in [6.07, 6.45) is 5.45. The first-order valence-corrected chi connectivity index (χ1v) is 11.2. The van der Waals surface area contributed by atoms with Crippen molar-refractivity contribution in [3.05, 3.63) is 29.3 Å². The molecule has 4 atom stereocenters. The lowest BCUT2D eigenvalue weighted by atomic mass is 10.0. The van der Waals surface area contributed by atoms with Crippen LogP contribution in [0.15, 0.2) is 18.2 Å². The fourth-order valence-corrected chi connectivity index (χ4v) is 5.51. The van der Waals surface area contributed by atoms with Crippen LogP contribution in [-0.2, 0) is 20.9 Å². The van der Waals surface area contributed by atoms with Crippen molar-refractivity contribution >= 4 is 17.7 Å². The van der Waals surface area contributed by atoms with Crippen LogP contribution in [0.1, 0.15) is 54.4 Å². The molecule has 3 amide bonds. The summed E-state index contributed by atoms with van der Waals surface area (Å²) in [5.74, 6) is -0.0433. The standard InChI is InChI=1S/C23H29N3O5/c1-30-16-9-10-25(13-16)18-3-2-4-20(18)31-15-5-6-17-14(11-15)12-26(23(17)29)19-7-8-21(27)24-22(19)28/h5-6,11,16,18-20H,2-4,7-10,12-13H2,1H3,(H,24,27,28)/t16-,18+,19?,20+/m1/s1. The van der Waals surface area contributed by atoms with Crippen LogP contribution in [0.25, 0.3) is 0 Å². The highest BCUT2D eigenvalue weighted by Gasteiger charge is 2.40. The van der Waals surface area contributed by atoms with Gasteiger partial charge in [0.05, 0.1) is 6.10 Å². The van der Waals surface area contributed by atoms with Gasteiger partial charge in [0.2, 0.25) is 11.8 Å². The average Bonchev–Trinajstić information content (AvgIpc) is 3.47. The monoisotopic (exact) mass is 427 g/mol. The van der Waals surface area contributed by atoms with E-state index in [0.717, 1.165) is 50.1 Å². The summed E-state index contributed by atoms with van der Waals surface area (Å²) in [5.41, 5.74) is 1.49. The average molecular weight is 428 g/mol. The fraction of sp³-hybridized carbons (Fsp3) is 0.609. The van der Waals surface area contributed by atoms with Crippen molar-refractivity contribution in [3.8, 4) is 5.75 Å². The highest BCUT2D eigenvalue weighted by Crippen LogP contribution is 2.34. The van der Waals surface area contributed by atoms with Gasteiger partial charge in [-0.2, -0.15) is 0 Å². The van der Waals surface area contributed by atoms with Crippen molar-refractivity contribution in [3.63, 3.8) is 0 Å². The Hall–Kier alpha value is -2.45. The first kappa shape index (κ1) is 20.5. The number of rotatable bonds is 5. The van der Waals surface area contributed by atoms with Gasteiger partial charge in [-0.15, -0.1) is 0 Å². The maximum Gasteiger partial charge on any atom is 0.255 e. The van der Waals surface area contributed by atoms with Gasteiger partial charge < -0.3 is 14.4 Å². The lowest BCUT2D eigenvalue weighted by Gasteiger charge is -2.30. The minimum Gasteiger partial charge on any atom is -0.489 e. The van der Waals surface area contributed by atoms with Crippen molar-refractivity contribution in [2.75, 3.05) is 20.2 Å². The number of nitrogens with one attached hydrogen (secondary N) is 1. The molecule has 1 N–H and O–H groups in total. The molecule has 31 heavy (non-hydrogen) atoms. The second-order valence-electron chi connectivity index (χ2n) is 9.01. The summed E-state index contributed by atoms with van der Waals surface area (Å²) < 4.78 is 11.9. The van der Waals surface area contributed by atoms with E-state index >= 15 is 0 Å². The first-order chi connectivity index (χ1) is 15.0. The van der Waals surface area contributed by atoms with Gasteiger partial charge in [-0.05, 0) is 55.9 Å². The van der Waals surface area contributed by atoms with Crippen LogP contribution in [0.5, 0.6) is 5.75 Å². The Kier molecular flexibility index (Phi) is 5.44. The number of benzene rings is 1. The van der Waals surface area contributed by atoms with Gasteiger partial charge in [0.1, 0.15) is 17.9 Å². The number of carbonyl (C=O) groups excluding carboxylic acids is 3. The molecular weight excluding hydrogens is 398 g/mol. The van der Waals surface area contributed by atoms with Gasteiger partial charge in [0, 0.05) is 44.8 Å². The third kappa shape index (κ3) is 3.83. The number of hydrogen-bond donors (Lipinski definition) is 1. The van der Waals surface area contributed by atoms with E-state index in [4.69, 9.17) is 9.47 Å². The van der Waals surface area contributed by atoms with Gasteiger partial charge in [0.15, 0.2) is 0 Å². The largest absolute Gasteiger partial charge is 0.489 e. The third-order valence-corrected chi connectivity index (χ3v) is 7.18. The molecule has 0 aromatic heterocycles. The lowest BCUT2D eigenvalue weighted by molar-refractivity contribution is -0.136. The Morgan fingerprint density at radius 2 is 1.97 bits per heavy atom. The molecule has 0 radical (unpaired) electrons. The first-order valence-electron chi connectivity index (χ1n) is 11.2. The minimum atomic E-state index is -0.593. The van der Waals surface area contributed by atoms with Crippen molar-refractivity contribution in [1.29, 1.82) is 0 Å². The summed E-state index contributed by atoms with van der Waals surface area (Å²) in [6, 6.07) is 5.41. The molecule has 3 fully saturated rings. The molecule has 2 saturated heterocycles. The number of carbonyl (C=O) groups is 3. The summed E-state index contributed by atoms with van der Waals surface area (Å²) >= 11 is 0. The van der Waals surface area contributed by atoms with Crippen LogP contribution in [0.2, 0.25) is 0 Å². The van der Waals surface area contributed by atoms with E-state index in [2.05, 4.69) is 10.2 Å². The van der Waals surface area contributed by atoms with Crippen LogP contribution in [0.3, 0.4) is 0 Å². The van der Waals surface area contributed by atoms with E-state index in [1.165, 1.54) is 0 Å². The predicted molar refractivity (Wildman–Crippen MR) is 112 cm³/mol. The number of imide groups is 1. The summed E-state index contributed by atoms with van der Waals surface area (Å²) in [6.45, 7) is 2.37. The normalized spacial score (nSPS) is 31.3. The molecule has 0 bridgehead atoms. The molecule has 166 valence electrons. The second-order valence-corrected chi connectivity index (χ2v) is 9.01. The Bertz CT molecular complexity index is 903. The fourth-order valence-electron chi connectivity index (χ4n) is 5.51. The maximum atomic E-state index is 12.9. The molecule has 0 spiro atoms. The highest BCUT2D eigenvalue weighted by molar-refractivity contribution is 6.05. The lowest BCUT2D eigenvalue weighted by Crippen LogP contribution is -2.52. The maximum absolute atomic E-state index is 12.9. The number of amides is 3. The topological polar surface area (TPSA) is 88.2 Å². The molecule has 1 aliphatic carbocycles. The van der Waals surface area contributed by atoms with Crippen LogP contribution in [0, 0.1) is 0 Å². The number of ether oxygens (including phenoxy) is 2. The molecule has 3 heterocycles. The van der Waals surface area contributed by atoms with E-state index in [9.17, 15) is 14.4 Å². The molecule has 8 nitrogen and oxygen atoms in total. The number of likely N-dealkylation sites (tertiary alicyclic amines) is 1. The van der Waals surface area contributed by atoms with E-state index in [1.54, 1.807) is 18.1 Å². The van der Waals surface area contributed by atoms with Gasteiger partial charge in [-0.3, -0.25) is 24.6 Å². The van der Waals surface area contributed by atoms with Crippen molar-refractivity contribution in [2.45, 2.75) is 69.4 Å². The zero-order chi connectivity index (χ0) is 21.5. The number of piperidine rings is 1.